The number of esters is 1. The van der Waals surface area contributed by atoms with Gasteiger partial charge in [-0.25, -0.2) is 0 Å². The van der Waals surface area contributed by atoms with Crippen LogP contribution in [0, 0.1) is 0 Å². The van der Waals surface area contributed by atoms with Gasteiger partial charge in [-0.2, -0.15) is 0 Å². The van der Waals surface area contributed by atoms with E-state index in [2.05, 4.69) is 31.9 Å². The molecule has 1 aliphatic heterocycles. The number of hydrogen-bond donors (Lipinski definition) is 0. The highest BCUT2D eigenvalue weighted by atomic mass is 79.9. The Hall–Kier alpha value is -0.750. The van der Waals surface area contributed by atoms with Crippen molar-refractivity contribution in [2.75, 3.05) is 13.2 Å². The fourth-order valence-corrected chi connectivity index (χ4v) is 2.05. The molecule has 4 nitrogen and oxygen atoms in total. The van der Waals surface area contributed by atoms with Crippen molar-refractivity contribution in [2.45, 2.75) is 13.0 Å². The molecule has 0 fully saturated rings. The van der Waals surface area contributed by atoms with E-state index in [-0.39, 0.29) is 18.7 Å². The molecule has 17 heavy (non-hydrogen) atoms. The highest BCUT2D eigenvalue weighted by Gasteiger charge is 2.23. The number of hydrogen-bond acceptors (Lipinski definition) is 4. The standard InChI is InChI=1S/C11H10Br2O4/c1-6(14)15-4-7-5-16-10-2-8(12)9(13)3-11(10)17-7/h2-3,7H,4-5H2,1H3. The maximum Gasteiger partial charge on any atom is 0.302 e. The van der Waals surface area contributed by atoms with Crippen molar-refractivity contribution < 1.29 is 19.0 Å². The molecule has 1 unspecified atom stereocenters. The number of benzene rings is 1. The zero-order valence-corrected chi connectivity index (χ0v) is 12.2. The van der Waals surface area contributed by atoms with Crippen LogP contribution in [0.25, 0.3) is 0 Å². The number of ether oxygens (including phenoxy) is 3. The molecular weight excluding hydrogens is 356 g/mol. The van der Waals surface area contributed by atoms with Gasteiger partial charge in [-0.3, -0.25) is 4.79 Å². The zero-order valence-electron chi connectivity index (χ0n) is 9.04. The summed E-state index contributed by atoms with van der Waals surface area (Å²) in [6.45, 7) is 1.93. The lowest BCUT2D eigenvalue weighted by Crippen LogP contribution is -2.34. The smallest absolute Gasteiger partial charge is 0.302 e. The minimum Gasteiger partial charge on any atom is -0.486 e. The van der Waals surface area contributed by atoms with Crippen LogP contribution in [0.15, 0.2) is 21.1 Å². The second-order valence-electron chi connectivity index (χ2n) is 3.57. The molecule has 0 amide bonds. The van der Waals surface area contributed by atoms with Crippen LogP contribution in [-0.4, -0.2) is 25.3 Å². The number of fused-ring (bicyclic) bond motifs is 1. The van der Waals surface area contributed by atoms with Crippen LogP contribution in [0.4, 0.5) is 0 Å². The molecule has 1 heterocycles. The van der Waals surface area contributed by atoms with E-state index in [0.29, 0.717) is 18.1 Å². The fourth-order valence-electron chi connectivity index (χ4n) is 1.40. The summed E-state index contributed by atoms with van der Waals surface area (Å²) in [5.74, 6) is 0.999. The Balaban J connectivity index is 2.08. The Morgan fingerprint density at radius 1 is 1.41 bits per heavy atom. The first-order valence-electron chi connectivity index (χ1n) is 4.98. The molecule has 0 saturated carbocycles. The fraction of sp³-hybridized carbons (Fsp3) is 0.364. The van der Waals surface area contributed by atoms with E-state index in [4.69, 9.17) is 14.2 Å². The molecule has 0 radical (unpaired) electrons. The Labute approximate surface area is 115 Å². The van der Waals surface area contributed by atoms with Crippen molar-refractivity contribution in [1.82, 2.24) is 0 Å². The van der Waals surface area contributed by atoms with Crippen LogP contribution >= 0.6 is 31.9 Å². The minimum absolute atomic E-state index is 0.197. The van der Waals surface area contributed by atoms with Gasteiger partial charge in [-0.05, 0) is 44.0 Å². The second-order valence-corrected chi connectivity index (χ2v) is 5.28. The lowest BCUT2D eigenvalue weighted by Gasteiger charge is -2.26. The van der Waals surface area contributed by atoms with Gasteiger partial charge in [0.1, 0.15) is 13.2 Å². The Bertz CT molecular complexity index is 447. The topological polar surface area (TPSA) is 44.8 Å². The summed E-state index contributed by atoms with van der Waals surface area (Å²) >= 11 is 6.78. The van der Waals surface area contributed by atoms with Crippen LogP contribution in [0.5, 0.6) is 11.5 Å². The van der Waals surface area contributed by atoms with Crippen molar-refractivity contribution in [2.24, 2.45) is 0 Å². The number of carbonyl (C=O) groups excluding carboxylic acids is 1. The largest absolute Gasteiger partial charge is 0.486 e. The van der Waals surface area contributed by atoms with Gasteiger partial charge in [0.15, 0.2) is 17.6 Å². The van der Waals surface area contributed by atoms with Gasteiger partial charge in [0.2, 0.25) is 0 Å². The maximum absolute atomic E-state index is 10.7. The van der Waals surface area contributed by atoms with Crippen LogP contribution < -0.4 is 9.47 Å². The van der Waals surface area contributed by atoms with Crippen LogP contribution in [-0.2, 0) is 9.53 Å². The van der Waals surface area contributed by atoms with Crippen LogP contribution in [0.3, 0.4) is 0 Å². The third-order valence-corrected chi connectivity index (χ3v) is 4.02. The number of halogens is 2. The molecule has 1 atom stereocenters. The van der Waals surface area contributed by atoms with Gasteiger partial charge in [0.05, 0.1) is 0 Å². The SMILES string of the molecule is CC(=O)OCC1COc2cc(Br)c(Br)cc2O1. The Morgan fingerprint density at radius 3 is 2.71 bits per heavy atom. The Kier molecular flexibility index (Phi) is 3.93. The molecule has 2 rings (SSSR count). The molecule has 0 saturated heterocycles. The second kappa shape index (κ2) is 5.27. The third kappa shape index (κ3) is 3.13. The van der Waals surface area contributed by atoms with E-state index in [1.165, 1.54) is 6.92 Å². The van der Waals surface area contributed by atoms with Crippen molar-refractivity contribution >= 4 is 37.8 Å². The average Bonchev–Trinajstić information content (AvgIpc) is 2.28. The van der Waals surface area contributed by atoms with E-state index < -0.39 is 0 Å². The highest BCUT2D eigenvalue weighted by Crippen LogP contribution is 2.38. The molecule has 0 aromatic heterocycles. The van der Waals surface area contributed by atoms with Gasteiger partial charge in [0.25, 0.3) is 0 Å². The van der Waals surface area contributed by atoms with E-state index >= 15 is 0 Å². The first-order valence-corrected chi connectivity index (χ1v) is 6.56. The molecule has 0 spiro atoms. The summed E-state index contributed by atoms with van der Waals surface area (Å²) in [4.78, 5) is 10.7. The highest BCUT2D eigenvalue weighted by molar-refractivity contribution is 9.13. The first kappa shape index (κ1) is 12.7. The van der Waals surface area contributed by atoms with Crippen LogP contribution in [0.1, 0.15) is 6.92 Å². The van der Waals surface area contributed by atoms with Gasteiger partial charge in [0, 0.05) is 15.9 Å². The Morgan fingerprint density at radius 2 is 2.06 bits per heavy atom. The summed E-state index contributed by atoms with van der Waals surface area (Å²) < 4.78 is 17.9. The van der Waals surface area contributed by atoms with Gasteiger partial charge in [-0.15, -0.1) is 0 Å². The lowest BCUT2D eigenvalue weighted by atomic mass is 10.2. The predicted molar refractivity (Wildman–Crippen MR) is 68.4 cm³/mol. The summed E-state index contributed by atoms with van der Waals surface area (Å²) in [5, 5.41) is 0. The van der Waals surface area contributed by atoms with Gasteiger partial charge < -0.3 is 14.2 Å². The predicted octanol–water partition coefficient (Wildman–Crippen LogP) is 2.91. The molecule has 1 aromatic rings. The van der Waals surface area contributed by atoms with Gasteiger partial charge >= 0.3 is 5.97 Å². The average molecular weight is 366 g/mol. The zero-order chi connectivity index (χ0) is 12.4. The van der Waals surface area contributed by atoms with Gasteiger partial charge in [-0.1, -0.05) is 0 Å². The van der Waals surface area contributed by atoms with E-state index in [9.17, 15) is 4.79 Å². The number of rotatable bonds is 2. The number of carbonyl (C=O) groups is 1. The van der Waals surface area contributed by atoms with Crippen molar-refractivity contribution in [3.63, 3.8) is 0 Å². The summed E-state index contributed by atoms with van der Waals surface area (Å²) in [7, 11) is 0. The normalized spacial score (nSPS) is 17.7. The maximum atomic E-state index is 10.7. The molecule has 0 N–H and O–H groups in total. The quantitative estimate of drug-likeness (QED) is 0.756. The minimum atomic E-state index is -0.323. The molecule has 6 heteroatoms. The molecule has 92 valence electrons. The van der Waals surface area contributed by atoms with E-state index in [0.717, 1.165) is 8.95 Å². The van der Waals surface area contributed by atoms with Crippen molar-refractivity contribution in [3.05, 3.63) is 21.1 Å². The molecule has 1 aliphatic rings. The summed E-state index contributed by atoms with van der Waals surface area (Å²) in [5.41, 5.74) is 0. The lowest BCUT2D eigenvalue weighted by molar-refractivity contribution is -0.144. The van der Waals surface area contributed by atoms with E-state index in [1.54, 1.807) is 0 Å². The van der Waals surface area contributed by atoms with Crippen molar-refractivity contribution in [3.8, 4) is 11.5 Å². The summed E-state index contributed by atoms with van der Waals surface area (Å²) in [6.07, 6.45) is -0.264. The van der Waals surface area contributed by atoms with Crippen LogP contribution in [0.2, 0.25) is 0 Å². The molecule has 0 bridgehead atoms. The molecule has 0 aliphatic carbocycles. The van der Waals surface area contributed by atoms with E-state index in [1.807, 2.05) is 12.1 Å². The first-order chi connectivity index (χ1) is 8.06. The monoisotopic (exact) mass is 364 g/mol. The third-order valence-electron chi connectivity index (χ3n) is 2.18. The van der Waals surface area contributed by atoms with Crippen molar-refractivity contribution in [1.29, 1.82) is 0 Å². The molecular formula is C11H10Br2O4. The summed E-state index contributed by atoms with van der Waals surface area (Å²) in [6, 6.07) is 3.65. The molecule has 1 aromatic carbocycles.